The number of aromatic amines is 1. The number of aliphatic imine (C=N–C) groups is 1. The van der Waals surface area contributed by atoms with Crippen LogP contribution in [0.2, 0.25) is 0 Å². The molecule has 41 heavy (non-hydrogen) atoms. The van der Waals surface area contributed by atoms with Gasteiger partial charge in [-0.25, -0.2) is 23.4 Å². The zero-order valence-electron chi connectivity index (χ0n) is 22.4. The molecule has 2 aromatic heterocycles. The molecule has 2 amide bonds. The number of halogens is 2. The fraction of sp³-hybridized carbons (Fsp3) is 0.357. The van der Waals surface area contributed by atoms with E-state index in [1.165, 1.54) is 18.3 Å². The van der Waals surface area contributed by atoms with Crippen molar-refractivity contribution < 1.29 is 18.5 Å². The molecule has 0 saturated carbocycles. The van der Waals surface area contributed by atoms with E-state index < -0.39 is 16.6 Å². The van der Waals surface area contributed by atoms with Gasteiger partial charge in [-0.15, -0.1) is 0 Å². The Morgan fingerprint density at radius 3 is 2.46 bits per heavy atom. The highest BCUT2D eigenvalue weighted by molar-refractivity contribution is 5.75. The zero-order valence-corrected chi connectivity index (χ0v) is 22.4. The Kier molecular flexibility index (Phi) is 9.37. The fourth-order valence-corrected chi connectivity index (χ4v) is 5.20. The van der Waals surface area contributed by atoms with Gasteiger partial charge in [0.25, 0.3) is 5.69 Å². The Labute approximate surface area is 234 Å². The van der Waals surface area contributed by atoms with E-state index in [4.69, 9.17) is 0 Å². The largest absolute Gasteiger partial charge is 0.330 e. The number of carbonyl (C=O) groups is 1. The number of nitro groups is 1. The minimum Gasteiger partial charge on any atom is -0.330 e. The van der Waals surface area contributed by atoms with Gasteiger partial charge in [0, 0.05) is 25.2 Å². The van der Waals surface area contributed by atoms with Crippen molar-refractivity contribution in [3.63, 3.8) is 0 Å². The van der Waals surface area contributed by atoms with E-state index in [0.717, 1.165) is 37.0 Å². The highest BCUT2D eigenvalue weighted by atomic mass is 19.2. The molecule has 1 aliphatic heterocycles. The highest BCUT2D eigenvalue weighted by Gasteiger charge is 2.30. The number of nitrogens with zero attached hydrogens (tertiary/aromatic N) is 5. The van der Waals surface area contributed by atoms with Crippen LogP contribution in [0.4, 0.5) is 25.1 Å². The van der Waals surface area contributed by atoms with Crippen molar-refractivity contribution in [3.05, 3.63) is 92.3 Å². The molecule has 11 nitrogen and oxygen atoms in total. The predicted octanol–water partition coefficient (Wildman–Crippen LogP) is 5.23. The first-order valence-electron chi connectivity index (χ1n) is 13.3. The molecule has 1 aromatic carbocycles. The monoisotopic (exact) mass is 567 g/mol. The molecule has 5 rings (SSSR count). The van der Waals surface area contributed by atoms with Gasteiger partial charge in [0.15, 0.2) is 17.5 Å². The smallest absolute Gasteiger partial charge is 0.327 e. The molecule has 3 aromatic rings. The summed E-state index contributed by atoms with van der Waals surface area (Å²) in [4.78, 5) is 48.7. The van der Waals surface area contributed by atoms with Crippen LogP contribution in [0.5, 0.6) is 0 Å². The molecule has 0 bridgehead atoms. The van der Waals surface area contributed by atoms with E-state index in [1.807, 2.05) is 0 Å². The second kappa shape index (κ2) is 13.1. The Morgan fingerprint density at radius 1 is 1.20 bits per heavy atom. The molecule has 1 fully saturated rings. The van der Waals surface area contributed by atoms with E-state index in [-0.39, 0.29) is 29.5 Å². The second-order valence-corrected chi connectivity index (χ2v) is 9.77. The Hall–Kier alpha value is -4.68. The molecule has 216 valence electrons. The number of imidazole rings is 1. The van der Waals surface area contributed by atoms with Crippen LogP contribution in [0, 0.1) is 21.7 Å². The second-order valence-electron chi connectivity index (χ2n) is 9.77. The lowest BCUT2D eigenvalue weighted by atomic mass is 10.0. The summed E-state index contributed by atoms with van der Waals surface area (Å²) >= 11 is 0. The maximum atomic E-state index is 13.0. The van der Waals surface area contributed by atoms with Crippen molar-refractivity contribution in [2.45, 2.75) is 50.6 Å². The number of aromatic nitrogens is 3. The van der Waals surface area contributed by atoms with Gasteiger partial charge in [-0.2, -0.15) is 0 Å². The van der Waals surface area contributed by atoms with Gasteiger partial charge >= 0.3 is 11.7 Å². The van der Waals surface area contributed by atoms with Crippen molar-refractivity contribution in [2.75, 3.05) is 13.1 Å². The molecule has 2 N–H and O–H groups in total. The van der Waals surface area contributed by atoms with Crippen molar-refractivity contribution >= 4 is 30.3 Å². The predicted molar refractivity (Wildman–Crippen MR) is 150 cm³/mol. The summed E-state index contributed by atoms with van der Waals surface area (Å²) in [6, 6.07) is 6.07. The van der Waals surface area contributed by atoms with Crippen LogP contribution in [-0.4, -0.2) is 50.2 Å². The summed E-state index contributed by atoms with van der Waals surface area (Å²) in [7, 11) is 0. The van der Waals surface area contributed by atoms with E-state index >= 15 is 0 Å². The van der Waals surface area contributed by atoms with E-state index in [9.17, 15) is 28.5 Å². The third-order valence-electron chi connectivity index (χ3n) is 7.25. The average Bonchev–Trinajstić information content (AvgIpc) is 3.17. The number of fused-ring (bicyclic) bond motifs is 1. The first-order valence-corrected chi connectivity index (χ1v) is 13.3. The number of carbonyl (C=O) groups excluding carboxylic acids is 1. The number of hydrogen-bond acceptors (Lipinski definition) is 6. The minimum atomic E-state index is -0.799. The molecule has 1 aliphatic carbocycles. The van der Waals surface area contributed by atoms with Gasteiger partial charge in [0.05, 0.1) is 22.4 Å². The lowest BCUT2D eigenvalue weighted by Gasteiger charge is -2.33. The summed E-state index contributed by atoms with van der Waals surface area (Å²) in [6.07, 6.45) is 7.32. The van der Waals surface area contributed by atoms with E-state index in [0.29, 0.717) is 49.6 Å². The molecule has 0 spiro atoms. The Bertz CT molecular complexity index is 1470. The first kappa shape index (κ1) is 29.3. The maximum Gasteiger partial charge on any atom is 0.327 e. The molecule has 3 heterocycles. The van der Waals surface area contributed by atoms with Gasteiger partial charge in [-0.1, -0.05) is 25.1 Å². The van der Waals surface area contributed by atoms with Gasteiger partial charge in [-0.05, 0) is 62.6 Å². The molecule has 1 atom stereocenters. The van der Waals surface area contributed by atoms with Crippen LogP contribution in [0.15, 0.2) is 52.9 Å². The van der Waals surface area contributed by atoms with E-state index in [2.05, 4.69) is 33.6 Å². The molecule has 1 saturated heterocycles. The summed E-state index contributed by atoms with van der Waals surface area (Å²) in [5.74, 6) is -1.20. The molecule has 13 heteroatoms. The van der Waals surface area contributed by atoms with Crippen molar-refractivity contribution in [1.29, 1.82) is 0 Å². The van der Waals surface area contributed by atoms with Crippen LogP contribution in [0.3, 0.4) is 0 Å². The lowest BCUT2D eigenvalue weighted by Crippen LogP contribution is -2.46. The first-order chi connectivity index (χ1) is 19.7. The lowest BCUT2D eigenvalue weighted by molar-refractivity contribution is -0.385. The number of likely N-dealkylation sites (tertiary alicyclic amines) is 1. The average molecular weight is 568 g/mol. The van der Waals surface area contributed by atoms with Gasteiger partial charge < -0.3 is 10.2 Å². The Morgan fingerprint density at radius 2 is 1.88 bits per heavy atom. The number of pyridine rings is 1. The zero-order chi connectivity index (χ0) is 29.5. The number of H-pyrrole nitrogens is 1. The molecule has 2 aliphatic rings. The molecule has 1 unspecified atom stereocenters. The number of nitrogens with one attached hydrogen (secondary N) is 2. The quantitative estimate of drug-likeness (QED) is 0.188. The van der Waals surface area contributed by atoms with Gasteiger partial charge in [0.1, 0.15) is 6.20 Å². The summed E-state index contributed by atoms with van der Waals surface area (Å²) < 4.78 is 25.5. The third-order valence-corrected chi connectivity index (χ3v) is 7.25. The maximum absolute atomic E-state index is 13.0. The SMILES string of the molecule is C=Cc1c(N=C)[nH]c(=O)n1C1CCN(C(=O)NC2CCCCc3cc([N+](=O)[O-])cnc32)CC1.Fc1ccccc1F. The number of rotatable bonds is 5. The molecule has 0 radical (unpaired) electrons. The number of piperidine rings is 1. The molecular weight excluding hydrogens is 536 g/mol. The van der Waals surface area contributed by atoms with Crippen LogP contribution < -0.4 is 11.0 Å². The van der Waals surface area contributed by atoms with Crippen LogP contribution in [0.25, 0.3) is 6.08 Å². The van der Waals surface area contributed by atoms with Crippen molar-refractivity contribution in [2.24, 2.45) is 4.99 Å². The molecular formula is C28H31F2N7O4. The Balaban J connectivity index is 0.000000417. The third kappa shape index (κ3) is 6.73. The summed E-state index contributed by atoms with van der Waals surface area (Å²) in [5.41, 5.74) is 1.84. The van der Waals surface area contributed by atoms with Crippen molar-refractivity contribution in [1.82, 2.24) is 24.8 Å². The van der Waals surface area contributed by atoms with Crippen molar-refractivity contribution in [3.8, 4) is 0 Å². The highest BCUT2D eigenvalue weighted by Crippen LogP contribution is 2.31. The number of benzene rings is 1. The standard InChI is InChI=1S/C22H27N7O4.C6H4F2/c1-3-18-20(23-2)26-22(31)28(18)15-8-10-27(11-9-15)21(30)25-17-7-5-4-6-14-12-16(29(32)33)13-24-19(14)17;7-5-3-1-2-4-6(5)8/h3,12-13,15,17H,1-2,4-11H2,(H,25,30)(H,26,31);1-4H. The van der Waals surface area contributed by atoms with Gasteiger partial charge in [0.2, 0.25) is 0 Å². The normalized spacial score (nSPS) is 16.9. The summed E-state index contributed by atoms with van der Waals surface area (Å²) in [6.45, 7) is 8.25. The fourth-order valence-electron chi connectivity index (χ4n) is 5.20. The van der Waals surface area contributed by atoms with Crippen LogP contribution in [0.1, 0.15) is 61.1 Å². The van der Waals surface area contributed by atoms with Crippen LogP contribution in [-0.2, 0) is 6.42 Å². The number of hydrogen-bond donors (Lipinski definition) is 2. The van der Waals surface area contributed by atoms with Crippen LogP contribution >= 0.6 is 0 Å². The number of aryl methyl sites for hydroxylation is 1. The van der Waals surface area contributed by atoms with Gasteiger partial charge in [-0.3, -0.25) is 24.6 Å². The number of urea groups is 1. The minimum absolute atomic E-state index is 0.0310. The topological polar surface area (TPSA) is 139 Å². The van der Waals surface area contributed by atoms with E-state index in [1.54, 1.807) is 21.6 Å². The summed E-state index contributed by atoms with van der Waals surface area (Å²) in [5, 5.41) is 14.2. The number of amides is 2.